The van der Waals surface area contributed by atoms with Crippen LogP contribution in [0, 0.1) is 5.82 Å². The lowest BCUT2D eigenvalue weighted by atomic mass is 10.2. The predicted molar refractivity (Wildman–Crippen MR) is 122 cm³/mol. The van der Waals surface area contributed by atoms with E-state index < -0.39 is 21.1 Å². The van der Waals surface area contributed by atoms with Gasteiger partial charge in [0, 0.05) is 17.0 Å². The number of halogens is 1. The quantitative estimate of drug-likeness (QED) is 0.503. The Balaban J connectivity index is 1.38. The van der Waals surface area contributed by atoms with E-state index in [1.165, 1.54) is 54.2 Å². The molecule has 1 aliphatic rings. The molecular formula is C22H18FN3O4S2. The Hall–Kier alpha value is -3.37. The molecule has 3 N–H and O–H groups in total. The van der Waals surface area contributed by atoms with E-state index in [2.05, 4.69) is 15.4 Å². The van der Waals surface area contributed by atoms with Gasteiger partial charge in [0.15, 0.2) is 0 Å². The van der Waals surface area contributed by atoms with Gasteiger partial charge in [-0.25, -0.2) is 12.8 Å². The van der Waals surface area contributed by atoms with Gasteiger partial charge in [-0.3, -0.25) is 14.3 Å². The van der Waals surface area contributed by atoms with Crippen LogP contribution in [0.5, 0.6) is 0 Å². The normalized spacial score (nSPS) is 15.4. The second-order valence-corrected chi connectivity index (χ2v) is 9.91. The number of rotatable bonds is 6. The third-order valence-corrected chi connectivity index (χ3v) is 7.27. The smallest absolute Gasteiger partial charge is 0.261 e. The van der Waals surface area contributed by atoms with Crippen LogP contribution < -0.4 is 15.4 Å². The highest BCUT2D eigenvalue weighted by molar-refractivity contribution is 8.01. The summed E-state index contributed by atoms with van der Waals surface area (Å²) >= 11 is 1.32. The zero-order valence-electron chi connectivity index (χ0n) is 16.5. The van der Waals surface area contributed by atoms with Gasteiger partial charge in [-0.1, -0.05) is 18.2 Å². The second kappa shape index (κ2) is 9.01. The lowest BCUT2D eigenvalue weighted by molar-refractivity contribution is -0.120. The van der Waals surface area contributed by atoms with Crippen molar-refractivity contribution < 1.29 is 22.4 Å². The van der Waals surface area contributed by atoms with Crippen molar-refractivity contribution >= 4 is 50.7 Å². The third-order valence-electron chi connectivity index (χ3n) is 4.60. The summed E-state index contributed by atoms with van der Waals surface area (Å²) in [7, 11) is -3.92. The summed E-state index contributed by atoms with van der Waals surface area (Å²) in [5, 5.41) is 4.89. The van der Waals surface area contributed by atoms with Gasteiger partial charge in [0.25, 0.3) is 10.0 Å². The van der Waals surface area contributed by atoms with Gasteiger partial charge < -0.3 is 10.6 Å². The van der Waals surface area contributed by atoms with Crippen LogP contribution in [0.3, 0.4) is 0 Å². The molecule has 1 atom stereocenters. The average Bonchev–Trinajstić information content (AvgIpc) is 2.74. The lowest BCUT2D eigenvalue weighted by Gasteiger charge is -2.23. The minimum Gasteiger partial charge on any atom is -0.326 e. The zero-order valence-corrected chi connectivity index (χ0v) is 18.2. The lowest BCUT2D eigenvalue weighted by Crippen LogP contribution is -2.32. The Morgan fingerprint density at radius 1 is 1.00 bits per heavy atom. The number of amides is 2. The number of carbonyl (C=O) groups excluding carboxylic acids is 2. The maximum Gasteiger partial charge on any atom is 0.261 e. The molecule has 10 heteroatoms. The van der Waals surface area contributed by atoms with E-state index >= 15 is 0 Å². The van der Waals surface area contributed by atoms with E-state index in [1.807, 2.05) is 18.2 Å². The summed E-state index contributed by atoms with van der Waals surface area (Å²) in [6, 6.07) is 18.0. The first kappa shape index (κ1) is 21.8. The van der Waals surface area contributed by atoms with Crippen molar-refractivity contribution in [2.75, 3.05) is 15.4 Å². The Kier molecular flexibility index (Phi) is 6.15. The minimum atomic E-state index is -3.92. The number of sulfonamides is 1. The van der Waals surface area contributed by atoms with Crippen molar-refractivity contribution in [2.45, 2.75) is 21.5 Å². The standard InChI is InChI=1S/C22H18FN3O4S2/c23-14-4-3-5-16(12-14)26-32(29,30)17-10-8-15(9-11-17)24-21(27)13-20-22(28)25-18-6-1-2-7-19(18)31-20/h1-12,20,26H,13H2,(H,24,27)(H,25,28). The van der Waals surface area contributed by atoms with Gasteiger partial charge in [0.2, 0.25) is 11.8 Å². The highest BCUT2D eigenvalue weighted by Gasteiger charge is 2.28. The summed E-state index contributed by atoms with van der Waals surface area (Å²) in [5.74, 6) is -1.17. The maximum atomic E-state index is 13.3. The molecule has 2 amide bonds. The number of hydrogen-bond acceptors (Lipinski definition) is 5. The topological polar surface area (TPSA) is 104 Å². The van der Waals surface area contributed by atoms with E-state index in [0.29, 0.717) is 5.69 Å². The van der Waals surface area contributed by atoms with Gasteiger partial charge in [0.05, 0.1) is 21.5 Å². The molecule has 3 aromatic rings. The average molecular weight is 472 g/mol. The van der Waals surface area contributed by atoms with E-state index in [0.717, 1.165) is 16.6 Å². The van der Waals surface area contributed by atoms with Crippen LogP contribution in [-0.4, -0.2) is 25.5 Å². The second-order valence-electron chi connectivity index (χ2n) is 6.98. The number of thioether (sulfide) groups is 1. The van der Waals surface area contributed by atoms with E-state index in [1.54, 1.807) is 6.07 Å². The predicted octanol–water partition coefficient (Wildman–Crippen LogP) is 4.07. The fourth-order valence-electron chi connectivity index (χ4n) is 3.09. The summed E-state index contributed by atoms with van der Waals surface area (Å²) < 4.78 is 40.5. The molecule has 0 fully saturated rings. The monoisotopic (exact) mass is 471 g/mol. The molecule has 0 bridgehead atoms. The van der Waals surface area contributed by atoms with Crippen LogP contribution in [0.2, 0.25) is 0 Å². The molecule has 4 rings (SSSR count). The molecule has 3 aromatic carbocycles. The number of fused-ring (bicyclic) bond motifs is 1. The zero-order chi connectivity index (χ0) is 22.7. The fraction of sp³-hybridized carbons (Fsp3) is 0.0909. The first-order valence-electron chi connectivity index (χ1n) is 9.55. The van der Waals surface area contributed by atoms with Crippen molar-refractivity contribution in [3.8, 4) is 0 Å². The Morgan fingerprint density at radius 3 is 2.50 bits per heavy atom. The molecule has 1 unspecified atom stereocenters. The Bertz CT molecular complexity index is 1280. The molecule has 0 radical (unpaired) electrons. The van der Waals surface area contributed by atoms with Crippen LogP contribution in [0.15, 0.2) is 82.6 Å². The molecule has 7 nitrogen and oxygen atoms in total. The van der Waals surface area contributed by atoms with Crippen molar-refractivity contribution in [3.05, 3.63) is 78.6 Å². The van der Waals surface area contributed by atoms with Crippen LogP contribution in [-0.2, 0) is 19.6 Å². The molecule has 0 aromatic heterocycles. The number of anilines is 3. The molecule has 0 spiro atoms. The van der Waals surface area contributed by atoms with Gasteiger partial charge in [0.1, 0.15) is 5.82 Å². The fourth-order valence-corrected chi connectivity index (χ4v) is 5.25. The van der Waals surface area contributed by atoms with Crippen LogP contribution >= 0.6 is 11.8 Å². The van der Waals surface area contributed by atoms with Crippen molar-refractivity contribution in [2.24, 2.45) is 0 Å². The van der Waals surface area contributed by atoms with Crippen LogP contribution in [0.4, 0.5) is 21.5 Å². The van der Waals surface area contributed by atoms with Crippen molar-refractivity contribution in [3.63, 3.8) is 0 Å². The summed E-state index contributed by atoms with van der Waals surface area (Å²) in [6.07, 6.45) is -0.0357. The van der Waals surface area contributed by atoms with E-state index in [-0.39, 0.29) is 28.8 Å². The maximum absolute atomic E-state index is 13.3. The molecule has 0 aliphatic carbocycles. The van der Waals surface area contributed by atoms with E-state index in [9.17, 15) is 22.4 Å². The molecule has 0 saturated carbocycles. The van der Waals surface area contributed by atoms with Gasteiger partial charge in [-0.2, -0.15) is 0 Å². The number of benzene rings is 3. The number of nitrogens with one attached hydrogen (secondary N) is 3. The van der Waals surface area contributed by atoms with Crippen molar-refractivity contribution in [1.82, 2.24) is 0 Å². The molecule has 1 heterocycles. The molecule has 164 valence electrons. The number of para-hydroxylation sites is 1. The third kappa shape index (κ3) is 5.09. The Morgan fingerprint density at radius 2 is 1.75 bits per heavy atom. The van der Waals surface area contributed by atoms with Gasteiger partial charge >= 0.3 is 0 Å². The first-order chi connectivity index (χ1) is 15.3. The first-order valence-corrected chi connectivity index (χ1v) is 11.9. The largest absolute Gasteiger partial charge is 0.326 e. The molecular weight excluding hydrogens is 453 g/mol. The summed E-state index contributed by atoms with van der Waals surface area (Å²) in [5.41, 5.74) is 1.22. The van der Waals surface area contributed by atoms with Gasteiger partial charge in [-0.05, 0) is 54.6 Å². The summed E-state index contributed by atoms with van der Waals surface area (Å²) in [6.45, 7) is 0. The van der Waals surface area contributed by atoms with Crippen molar-refractivity contribution in [1.29, 1.82) is 0 Å². The minimum absolute atomic E-state index is 0.0357. The van der Waals surface area contributed by atoms with Crippen LogP contribution in [0.1, 0.15) is 6.42 Å². The number of hydrogen-bond donors (Lipinski definition) is 3. The van der Waals surface area contributed by atoms with E-state index in [4.69, 9.17) is 0 Å². The van der Waals surface area contributed by atoms with Gasteiger partial charge in [-0.15, -0.1) is 11.8 Å². The SMILES string of the molecule is O=C(CC1Sc2ccccc2NC1=O)Nc1ccc(S(=O)(=O)Nc2cccc(F)c2)cc1. The molecule has 32 heavy (non-hydrogen) atoms. The Labute approximate surface area is 188 Å². The number of carbonyl (C=O) groups is 2. The summed E-state index contributed by atoms with van der Waals surface area (Å²) in [4.78, 5) is 25.5. The molecule has 0 saturated heterocycles. The van der Waals surface area contributed by atoms with Crippen LogP contribution in [0.25, 0.3) is 0 Å². The highest BCUT2D eigenvalue weighted by atomic mass is 32.2. The highest BCUT2D eigenvalue weighted by Crippen LogP contribution is 2.36. The molecule has 1 aliphatic heterocycles.